The number of imidazole rings is 1. The van der Waals surface area contributed by atoms with Gasteiger partial charge in [0.05, 0.1) is 6.54 Å². The molecule has 1 N–H and O–H groups in total. The molecular weight excluding hydrogens is 390 g/mol. The molecule has 0 spiro atoms. The zero-order valence-corrected chi connectivity index (χ0v) is 18.2. The Labute approximate surface area is 182 Å². The van der Waals surface area contributed by atoms with Crippen LogP contribution in [-0.4, -0.2) is 60.8 Å². The molecule has 0 unspecified atom stereocenters. The van der Waals surface area contributed by atoms with Crippen LogP contribution in [0.3, 0.4) is 0 Å². The Hall–Kier alpha value is -2.71. The number of piperidine rings is 1. The third-order valence-corrected chi connectivity index (χ3v) is 6.61. The highest BCUT2D eigenvalue weighted by atomic mass is 16.1. The first-order chi connectivity index (χ1) is 15.2. The van der Waals surface area contributed by atoms with Crippen LogP contribution >= 0.6 is 0 Å². The van der Waals surface area contributed by atoms with Crippen molar-refractivity contribution >= 4 is 0 Å². The van der Waals surface area contributed by atoms with Crippen molar-refractivity contribution in [2.24, 2.45) is 5.92 Å². The molecule has 0 aliphatic carbocycles. The Bertz CT molecular complexity index is 1040. The molecule has 8 heteroatoms. The first kappa shape index (κ1) is 20.2. The van der Waals surface area contributed by atoms with Crippen molar-refractivity contribution in [3.05, 3.63) is 70.4 Å². The summed E-state index contributed by atoms with van der Waals surface area (Å²) in [6, 6.07) is 6.21. The molecule has 31 heavy (non-hydrogen) atoms. The predicted molar refractivity (Wildman–Crippen MR) is 119 cm³/mol. The number of nitrogens with one attached hydrogen (secondary N) is 1. The summed E-state index contributed by atoms with van der Waals surface area (Å²) in [5.74, 6) is 1.97. The number of aromatic amines is 1. The van der Waals surface area contributed by atoms with Crippen molar-refractivity contribution in [3.8, 4) is 0 Å². The van der Waals surface area contributed by atoms with Gasteiger partial charge in [0.25, 0.3) is 5.56 Å². The second-order valence-corrected chi connectivity index (χ2v) is 9.09. The molecule has 1 fully saturated rings. The number of hydrogen-bond donors (Lipinski definition) is 1. The number of likely N-dealkylation sites (tertiary alicyclic amines) is 1. The van der Waals surface area contributed by atoms with E-state index in [0.717, 1.165) is 57.1 Å². The van der Waals surface area contributed by atoms with Crippen LogP contribution in [0.2, 0.25) is 0 Å². The van der Waals surface area contributed by atoms with Crippen LogP contribution in [0.5, 0.6) is 0 Å². The molecule has 164 valence electrons. The largest absolute Gasteiger partial charge is 0.348 e. The van der Waals surface area contributed by atoms with Crippen molar-refractivity contribution in [2.45, 2.75) is 44.9 Å². The highest BCUT2D eigenvalue weighted by Gasteiger charge is 2.35. The number of aromatic nitrogens is 5. The van der Waals surface area contributed by atoms with Gasteiger partial charge in [0, 0.05) is 74.7 Å². The molecule has 2 bridgehead atoms. The van der Waals surface area contributed by atoms with Crippen molar-refractivity contribution in [2.75, 3.05) is 26.7 Å². The number of hydrogen-bond acceptors (Lipinski definition) is 5. The van der Waals surface area contributed by atoms with E-state index in [2.05, 4.69) is 48.6 Å². The number of rotatable bonds is 8. The quantitative estimate of drug-likeness (QED) is 0.601. The number of fused-ring (bicyclic) bond motifs is 4. The minimum Gasteiger partial charge on any atom is -0.348 e. The van der Waals surface area contributed by atoms with Gasteiger partial charge in [-0.05, 0) is 44.5 Å². The number of H-pyrrole nitrogens is 1. The summed E-state index contributed by atoms with van der Waals surface area (Å²) in [6.07, 6.45) is 9.68. The lowest BCUT2D eigenvalue weighted by Crippen LogP contribution is -2.47. The van der Waals surface area contributed by atoms with E-state index in [1.165, 1.54) is 12.1 Å². The molecule has 5 rings (SSSR count). The number of nitrogens with zero attached hydrogens (tertiary/aromatic N) is 6. The van der Waals surface area contributed by atoms with Gasteiger partial charge in [-0.3, -0.25) is 14.4 Å². The highest BCUT2D eigenvalue weighted by Crippen LogP contribution is 2.35. The van der Waals surface area contributed by atoms with Crippen LogP contribution in [0, 0.1) is 5.92 Å². The lowest BCUT2D eigenvalue weighted by molar-refractivity contribution is 0.112. The topological polar surface area (TPSA) is 75.0 Å². The Kier molecular flexibility index (Phi) is 5.74. The standard InChI is InChI=1S/C23H31N7O/c1-27(9-3-11-29-10-2-6-26-29)15-19-4-5-21-20-12-18(14-30(21)23(19)31)13-28(16-20)17-22-24-7-8-25-22/h2,4-8,10,18,20H,3,9,11-17H2,1H3,(H,24,25)/t18-,20+/m0/s1. The van der Waals surface area contributed by atoms with Gasteiger partial charge in [-0.25, -0.2) is 4.98 Å². The predicted octanol–water partition coefficient (Wildman–Crippen LogP) is 1.91. The Balaban J connectivity index is 1.23. The van der Waals surface area contributed by atoms with E-state index in [1.54, 1.807) is 0 Å². The molecule has 2 aliphatic rings. The maximum Gasteiger partial charge on any atom is 0.255 e. The van der Waals surface area contributed by atoms with Crippen LogP contribution < -0.4 is 5.56 Å². The first-order valence-electron chi connectivity index (χ1n) is 11.2. The Morgan fingerprint density at radius 2 is 2.16 bits per heavy atom. The van der Waals surface area contributed by atoms with E-state index >= 15 is 0 Å². The first-order valence-corrected chi connectivity index (χ1v) is 11.2. The number of pyridine rings is 1. The molecule has 0 aromatic carbocycles. The van der Waals surface area contributed by atoms with Gasteiger partial charge in [0.15, 0.2) is 0 Å². The maximum absolute atomic E-state index is 13.3. The fraction of sp³-hybridized carbons (Fsp3) is 0.522. The lowest BCUT2D eigenvalue weighted by Gasteiger charge is -2.42. The zero-order chi connectivity index (χ0) is 21.2. The zero-order valence-electron chi connectivity index (χ0n) is 18.2. The molecule has 3 aromatic rings. The van der Waals surface area contributed by atoms with Gasteiger partial charge in [-0.1, -0.05) is 6.07 Å². The van der Waals surface area contributed by atoms with E-state index in [-0.39, 0.29) is 5.56 Å². The molecule has 0 saturated carbocycles. The van der Waals surface area contributed by atoms with E-state index in [1.807, 2.05) is 35.5 Å². The van der Waals surface area contributed by atoms with E-state index in [4.69, 9.17) is 0 Å². The van der Waals surface area contributed by atoms with Crippen molar-refractivity contribution in [3.63, 3.8) is 0 Å². The van der Waals surface area contributed by atoms with Gasteiger partial charge in [-0.15, -0.1) is 0 Å². The lowest BCUT2D eigenvalue weighted by atomic mass is 9.83. The second-order valence-electron chi connectivity index (χ2n) is 9.09. The van der Waals surface area contributed by atoms with E-state index < -0.39 is 0 Å². The summed E-state index contributed by atoms with van der Waals surface area (Å²) in [6.45, 7) is 6.23. The average Bonchev–Trinajstić information content (AvgIpc) is 3.45. The fourth-order valence-corrected chi connectivity index (χ4v) is 5.24. The summed E-state index contributed by atoms with van der Waals surface area (Å²) in [5.41, 5.74) is 2.30. The number of aryl methyl sites for hydroxylation is 1. The molecule has 1 saturated heterocycles. The van der Waals surface area contributed by atoms with Crippen LogP contribution in [0.4, 0.5) is 0 Å². The third kappa shape index (κ3) is 4.50. The van der Waals surface area contributed by atoms with Crippen molar-refractivity contribution < 1.29 is 0 Å². The average molecular weight is 422 g/mol. The summed E-state index contributed by atoms with van der Waals surface area (Å²) in [7, 11) is 2.09. The van der Waals surface area contributed by atoms with Gasteiger partial charge < -0.3 is 14.5 Å². The van der Waals surface area contributed by atoms with Crippen LogP contribution in [0.25, 0.3) is 0 Å². The van der Waals surface area contributed by atoms with Crippen LogP contribution in [0.1, 0.15) is 35.8 Å². The summed E-state index contributed by atoms with van der Waals surface area (Å²) >= 11 is 0. The minimum absolute atomic E-state index is 0.200. The molecule has 2 atom stereocenters. The molecule has 8 nitrogen and oxygen atoms in total. The van der Waals surface area contributed by atoms with Crippen LogP contribution in [-0.2, 0) is 26.2 Å². The second kappa shape index (κ2) is 8.80. The molecule has 5 heterocycles. The monoisotopic (exact) mass is 421 g/mol. The molecule has 2 aliphatic heterocycles. The minimum atomic E-state index is 0.200. The van der Waals surface area contributed by atoms with Crippen LogP contribution in [0.15, 0.2) is 47.8 Å². The maximum atomic E-state index is 13.3. The molecular formula is C23H31N7O. The molecule has 0 radical (unpaired) electrons. The summed E-state index contributed by atoms with van der Waals surface area (Å²) in [5, 5.41) is 4.25. The molecule has 0 amide bonds. The summed E-state index contributed by atoms with van der Waals surface area (Å²) in [4.78, 5) is 25.6. The Morgan fingerprint density at radius 3 is 2.97 bits per heavy atom. The Morgan fingerprint density at radius 1 is 1.23 bits per heavy atom. The van der Waals surface area contributed by atoms with Gasteiger partial charge in [0.2, 0.25) is 0 Å². The normalized spacial score (nSPS) is 20.8. The highest BCUT2D eigenvalue weighted by molar-refractivity contribution is 5.22. The van der Waals surface area contributed by atoms with Crippen molar-refractivity contribution in [1.29, 1.82) is 0 Å². The summed E-state index contributed by atoms with van der Waals surface area (Å²) < 4.78 is 4.02. The van der Waals surface area contributed by atoms with Gasteiger partial charge in [0.1, 0.15) is 5.82 Å². The smallest absolute Gasteiger partial charge is 0.255 e. The van der Waals surface area contributed by atoms with Gasteiger partial charge in [-0.2, -0.15) is 5.10 Å². The fourth-order valence-electron chi connectivity index (χ4n) is 5.24. The van der Waals surface area contributed by atoms with Gasteiger partial charge >= 0.3 is 0 Å². The van der Waals surface area contributed by atoms with E-state index in [9.17, 15) is 4.79 Å². The third-order valence-electron chi connectivity index (χ3n) is 6.61. The van der Waals surface area contributed by atoms with E-state index in [0.29, 0.717) is 18.4 Å². The van der Waals surface area contributed by atoms with Crippen molar-refractivity contribution in [1.82, 2.24) is 34.1 Å². The SMILES string of the molecule is CN(CCCn1cccn1)Cc1ccc2n(c1=O)C[C@H]1C[C@@H]2CN(Cc2ncc[nH]2)C1. The molecule has 3 aromatic heterocycles.